The molecular formula is C18H14FN3O2S. The van der Waals surface area contributed by atoms with Gasteiger partial charge in [0.1, 0.15) is 5.82 Å². The lowest BCUT2D eigenvalue weighted by Gasteiger charge is -2.03. The molecule has 2 aromatic carbocycles. The van der Waals surface area contributed by atoms with Crippen LogP contribution in [0, 0.1) is 5.82 Å². The molecule has 1 heterocycles. The average Bonchev–Trinajstić information content (AvgIpc) is 3.04. The van der Waals surface area contributed by atoms with E-state index in [0.29, 0.717) is 22.1 Å². The van der Waals surface area contributed by atoms with Crippen LogP contribution in [0.1, 0.15) is 16.1 Å². The van der Waals surface area contributed by atoms with E-state index in [2.05, 4.69) is 15.6 Å². The van der Waals surface area contributed by atoms with Crippen LogP contribution in [0.2, 0.25) is 0 Å². The first-order valence-electron chi connectivity index (χ1n) is 7.46. The van der Waals surface area contributed by atoms with Gasteiger partial charge in [-0.2, -0.15) is 0 Å². The maximum absolute atomic E-state index is 12.8. The van der Waals surface area contributed by atoms with Gasteiger partial charge in [-0.25, -0.2) is 9.37 Å². The zero-order valence-electron chi connectivity index (χ0n) is 13.0. The molecule has 126 valence electrons. The van der Waals surface area contributed by atoms with E-state index in [0.717, 1.165) is 0 Å². The summed E-state index contributed by atoms with van der Waals surface area (Å²) in [6, 6.07) is 14.3. The van der Waals surface area contributed by atoms with Crippen molar-refractivity contribution in [1.82, 2.24) is 4.98 Å². The lowest BCUT2D eigenvalue weighted by Crippen LogP contribution is -2.15. The molecule has 2 N–H and O–H groups in total. The van der Waals surface area contributed by atoms with Crippen LogP contribution in [0.3, 0.4) is 0 Å². The summed E-state index contributed by atoms with van der Waals surface area (Å²) >= 11 is 1.25. The van der Waals surface area contributed by atoms with E-state index >= 15 is 0 Å². The zero-order valence-corrected chi connectivity index (χ0v) is 13.8. The third-order valence-electron chi connectivity index (χ3n) is 3.28. The van der Waals surface area contributed by atoms with Crippen molar-refractivity contribution in [3.63, 3.8) is 0 Å². The lowest BCUT2D eigenvalue weighted by atomic mass is 10.2. The number of carbonyl (C=O) groups excluding carboxylic acids is 2. The summed E-state index contributed by atoms with van der Waals surface area (Å²) in [6.07, 6.45) is 0.0646. The normalized spacial score (nSPS) is 10.3. The van der Waals surface area contributed by atoms with Crippen LogP contribution >= 0.6 is 11.3 Å². The quantitative estimate of drug-likeness (QED) is 0.733. The van der Waals surface area contributed by atoms with Crippen molar-refractivity contribution >= 4 is 34.0 Å². The number of hydrogen-bond donors (Lipinski definition) is 2. The molecule has 0 saturated heterocycles. The fourth-order valence-electron chi connectivity index (χ4n) is 2.11. The molecule has 3 rings (SSSR count). The van der Waals surface area contributed by atoms with E-state index < -0.39 is 0 Å². The molecular weight excluding hydrogens is 341 g/mol. The second-order valence-corrected chi connectivity index (χ2v) is 6.05. The molecule has 0 radical (unpaired) electrons. The molecule has 25 heavy (non-hydrogen) atoms. The van der Waals surface area contributed by atoms with E-state index in [1.54, 1.807) is 29.6 Å². The molecule has 5 nitrogen and oxygen atoms in total. The average molecular weight is 355 g/mol. The summed E-state index contributed by atoms with van der Waals surface area (Å²) in [5.41, 5.74) is 1.60. The van der Waals surface area contributed by atoms with Gasteiger partial charge in [-0.15, -0.1) is 11.3 Å². The minimum atomic E-state index is -0.365. The number of benzene rings is 2. The number of thiazole rings is 1. The summed E-state index contributed by atoms with van der Waals surface area (Å²) in [5, 5.41) is 7.51. The molecule has 3 aromatic rings. The summed E-state index contributed by atoms with van der Waals surface area (Å²) in [7, 11) is 0. The molecule has 0 spiro atoms. The maximum atomic E-state index is 12.8. The molecule has 0 aliphatic carbocycles. The highest BCUT2D eigenvalue weighted by molar-refractivity contribution is 7.14. The van der Waals surface area contributed by atoms with Crippen molar-refractivity contribution in [2.75, 3.05) is 10.6 Å². The van der Waals surface area contributed by atoms with Crippen LogP contribution in [0.4, 0.5) is 15.2 Å². The first-order chi connectivity index (χ1) is 12.1. The Morgan fingerprint density at radius 3 is 2.44 bits per heavy atom. The zero-order chi connectivity index (χ0) is 17.6. The monoisotopic (exact) mass is 355 g/mol. The highest BCUT2D eigenvalue weighted by Crippen LogP contribution is 2.17. The second kappa shape index (κ2) is 7.67. The number of nitrogens with zero attached hydrogens (tertiary/aromatic N) is 1. The van der Waals surface area contributed by atoms with Crippen LogP contribution in [-0.2, 0) is 11.2 Å². The first-order valence-corrected chi connectivity index (χ1v) is 8.34. The number of halogens is 1. The lowest BCUT2D eigenvalue weighted by molar-refractivity contribution is -0.115. The van der Waals surface area contributed by atoms with Crippen LogP contribution in [-0.4, -0.2) is 16.8 Å². The van der Waals surface area contributed by atoms with Gasteiger partial charge in [-0.05, 0) is 36.4 Å². The van der Waals surface area contributed by atoms with Gasteiger partial charge in [0.05, 0.1) is 12.1 Å². The Morgan fingerprint density at radius 2 is 1.72 bits per heavy atom. The topological polar surface area (TPSA) is 71.1 Å². The van der Waals surface area contributed by atoms with E-state index in [-0.39, 0.29) is 24.1 Å². The van der Waals surface area contributed by atoms with Crippen molar-refractivity contribution < 1.29 is 14.0 Å². The minimum absolute atomic E-state index is 0.0646. The third-order valence-corrected chi connectivity index (χ3v) is 4.08. The van der Waals surface area contributed by atoms with E-state index in [1.165, 1.54) is 35.6 Å². The molecule has 0 atom stereocenters. The van der Waals surface area contributed by atoms with Gasteiger partial charge in [-0.3, -0.25) is 14.9 Å². The summed E-state index contributed by atoms with van der Waals surface area (Å²) in [5.74, 6) is -0.883. The number of aromatic nitrogens is 1. The van der Waals surface area contributed by atoms with Crippen molar-refractivity contribution in [2.24, 2.45) is 0 Å². The van der Waals surface area contributed by atoms with Crippen LogP contribution in [0.5, 0.6) is 0 Å². The van der Waals surface area contributed by atoms with Gasteiger partial charge in [-0.1, -0.05) is 18.2 Å². The SMILES string of the molecule is O=C(Cc1csc(NC(=O)c2ccccc2)n1)Nc1ccc(F)cc1. The number of amides is 2. The maximum Gasteiger partial charge on any atom is 0.257 e. The Bertz CT molecular complexity index is 879. The van der Waals surface area contributed by atoms with Crippen LogP contribution in [0.25, 0.3) is 0 Å². The summed E-state index contributed by atoms with van der Waals surface area (Å²) in [6.45, 7) is 0. The van der Waals surface area contributed by atoms with E-state index in [9.17, 15) is 14.0 Å². The summed E-state index contributed by atoms with van der Waals surface area (Å²) < 4.78 is 12.8. The van der Waals surface area contributed by atoms with Crippen LogP contribution < -0.4 is 10.6 Å². The standard InChI is InChI=1S/C18H14FN3O2S/c19-13-6-8-14(9-7-13)20-16(23)10-15-11-25-18(21-15)22-17(24)12-4-2-1-3-5-12/h1-9,11H,10H2,(H,20,23)(H,21,22,24). The number of anilines is 2. The van der Waals surface area contributed by atoms with Gasteiger partial charge in [0, 0.05) is 16.6 Å². The molecule has 7 heteroatoms. The molecule has 0 bridgehead atoms. The van der Waals surface area contributed by atoms with Gasteiger partial charge in [0.25, 0.3) is 5.91 Å². The molecule has 0 aliphatic heterocycles. The molecule has 0 saturated carbocycles. The predicted molar refractivity (Wildman–Crippen MR) is 95.2 cm³/mol. The fourth-order valence-corrected chi connectivity index (χ4v) is 2.81. The highest BCUT2D eigenvalue weighted by atomic mass is 32.1. The second-order valence-electron chi connectivity index (χ2n) is 5.20. The number of nitrogens with one attached hydrogen (secondary N) is 2. The van der Waals surface area contributed by atoms with Gasteiger partial charge >= 0.3 is 0 Å². The largest absolute Gasteiger partial charge is 0.326 e. The van der Waals surface area contributed by atoms with Crippen LogP contribution in [0.15, 0.2) is 60.0 Å². The number of hydrogen-bond acceptors (Lipinski definition) is 4. The Hall–Kier alpha value is -3.06. The molecule has 1 aromatic heterocycles. The minimum Gasteiger partial charge on any atom is -0.326 e. The van der Waals surface area contributed by atoms with Gasteiger partial charge < -0.3 is 5.32 Å². The van der Waals surface area contributed by atoms with Crippen molar-refractivity contribution in [1.29, 1.82) is 0 Å². The number of rotatable bonds is 5. The Morgan fingerprint density at radius 1 is 1.00 bits per heavy atom. The summed E-state index contributed by atoms with van der Waals surface area (Å²) in [4.78, 5) is 28.3. The van der Waals surface area contributed by atoms with E-state index in [1.807, 2.05) is 6.07 Å². The smallest absolute Gasteiger partial charge is 0.257 e. The Labute approximate surface area is 147 Å². The Kier molecular flexibility index (Phi) is 5.15. The molecule has 0 aliphatic rings. The first kappa shape index (κ1) is 16.8. The van der Waals surface area contributed by atoms with Gasteiger partial charge in [0.2, 0.25) is 5.91 Å². The molecule has 0 unspecified atom stereocenters. The fraction of sp³-hybridized carbons (Fsp3) is 0.0556. The van der Waals surface area contributed by atoms with Crippen molar-refractivity contribution in [3.8, 4) is 0 Å². The highest BCUT2D eigenvalue weighted by Gasteiger charge is 2.11. The predicted octanol–water partition coefficient (Wildman–Crippen LogP) is 3.72. The molecule has 2 amide bonds. The van der Waals surface area contributed by atoms with Crippen molar-refractivity contribution in [3.05, 3.63) is 77.1 Å². The Balaban J connectivity index is 1.57. The van der Waals surface area contributed by atoms with Crippen molar-refractivity contribution in [2.45, 2.75) is 6.42 Å². The number of carbonyl (C=O) groups is 2. The van der Waals surface area contributed by atoms with Gasteiger partial charge in [0.15, 0.2) is 5.13 Å². The van der Waals surface area contributed by atoms with E-state index in [4.69, 9.17) is 0 Å². The molecule has 0 fully saturated rings. The third kappa shape index (κ3) is 4.71.